The van der Waals surface area contributed by atoms with E-state index in [1.54, 1.807) is 18.9 Å². The Morgan fingerprint density at radius 1 is 1.28 bits per heavy atom. The molecule has 1 aliphatic rings. The van der Waals surface area contributed by atoms with Crippen molar-refractivity contribution in [2.24, 2.45) is 0 Å². The summed E-state index contributed by atoms with van der Waals surface area (Å²) in [4.78, 5) is 24.3. The fourth-order valence-electron chi connectivity index (χ4n) is 2.44. The number of hydrogen-bond acceptors (Lipinski definition) is 2. The van der Waals surface area contributed by atoms with E-state index in [1.807, 2.05) is 0 Å². The number of nitrogens with one attached hydrogen (secondary N) is 1. The summed E-state index contributed by atoms with van der Waals surface area (Å²) in [6.45, 7) is 1.72. The molecule has 2 amide bonds. The minimum absolute atomic E-state index is 0.0375. The minimum atomic E-state index is -0.889. The van der Waals surface area contributed by atoms with Gasteiger partial charge >= 0.3 is 12.0 Å². The van der Waals surface area contributed by atoms with Crippen molar-refractivity contribution in [1.82, 2.24) is 10.2 Å². The third-order valence-corrected chi connectivity index (χ3v) is 3.54. The summed E-state index contributed by atoms with van der Waals surface area (Å²) >= 11 is 0. The van der Waals surface area contributed by atoms with Crippen LogP contribution in [0.3, 0.4) is 0 Å². The van der Waals surface area contributed by atoms with E-state index < -0.39 is 5.97 Å². The summed E-state index contributed by atoms with van der Waals surface area (Å²) in [5, 5.41) is 11.4. The predicted molar refractivity (Wildman–Crippen MR) is 69.5 cm³/mol. The van der Waals surface area contributed by atoms with Crippen LogP contribution < -0.4 is 5.32 Å². The van der Waals surface area contributed by atoms with Crippen molar-refractivity contribution < 1.29 is 14.7 Å². The summed E-state index contributed by atoms with van der Waals surface area (Å²) in [7, 11) is 1.80. The van der Waals surface area contributed by atoms with E-state index in [9.17, 15) is 9.59 Å². The van der Waals surface area contributed by atoms with Crippen LogP contribution >= 0.6 is 0 Å². The molecule has 18 heavy (non-hydrogen) atoms. The Morgan fingerprint density at radius 2 is 1.83 bits per heavy atom. The molecule has 0 aliphatic heterocycles. The molecule has 5 nitrogen and oxygen atoms in total. The first-order chi connectivity index (χ1) is 8.50. The van der Waals surface area contributed by atoms with E-state index in [-0.39, 0.29) is 18.5 Å². The SMILES string of the molecule is CC(CC(=O)O)NC(=O)N(C)C1CCCCCC1. The normalized spacial score (nSPS) is 18.8. The highest BCUT2D eigenvalue weighted by Gasteiger charge is 2.22. The van der Waals surface area contributed by atoms with Crippen molar-refractivity contribution in [1.29, 1.82) is 0 Å². The maximum absolute atomic E-state index is 12.0. The number of hydrogen-bond donors (Lipinski definition) is 2. The van der Waals surface area contributed by atoms with Crippen LogP contribution in [-0.4, -0.2) is 41.1 Å². The summed E-state index contributed by atoms with van der Waals surface area (Å²) < 4.78 is 0. The van der Waals surface area contributed by atoms with Crippen LogP contribution in [-0.2, 0) is 4.79 Å². The van der Waals surface area contributed by atoms with Crippen LogP contribution in [0.5, 0.6) is 0 Å². The number of urea groups is 1. The highest BCUT2D eigenvalue weighted by molar-refractivity contribution is 5.75. The van der Waals surface area contributed by atoms with Gasteiger partial charge in [-0.25, -0.2) is 4.79 Å². The maximum atomic E-state index is 12.0. The molecule has 104 valence electrons. The lowest BCUT2D eigenvalue weighted by Gasteiger charge is -2.28. The molecule has 0 heterocycles. The molecule has 0 aromatic carbocycles. The fourth-order valence-corrected chi connectivity index (χ4v) is 2.44. The number of nitrogens with zero attached hydrogens (tertiary/aromatic N) is 1. The third-order valence-electron chi connectivity index (χ3n) is 3.54. The topological polar surface area (TPSA) is 69.6 Å². The molecule has 0 radical (unpaired) electrons. The zero-order valence-corrected chi connectivity index (χ0v) is 11.3. The average molecular weight is 256 g/mol. The Hall–Kier alpha value is -1.26. The van der Waals surface area contributed by atoms with Crippen molar-refractivity contribution in [3.8, 4) is 0 Å². The van der Waals surface area contributed by atoms with Gasteiger partial charge in [-0.1, -0.05) is 25.7 Å². The van der Waals surface area contributed by atoms with Crippen LogP contribution in [0.15, 0.2) is 0 Å². The molecule has 1 rings (SSSR count). The van der Waals surface area contributed by atoms with Gasteiger partial charge in [0, 0.05) is 19.1 Å². The van der Waals surface area contributed by atoms with Gasteiger partial charge in [0.15, 0.2) is 0 Å². The molecular formula is C13H24N2O3. The van der Waals surface area contributed by atoms with Gasteiger partial charge in [-0.05, 0) is 19.8 Å². The quantitative estimate of drug-likeness (QED) is 0.758. The Bertz CT molecular complexity index is 286. The average Bonchev–Trinajstić information content (AvgIpc) is 2.55. The highest BCUT2D eigenvalue weighted by atomic mass is 16.4. The molecule has 1 fully saturated rings. The van der Waals surface area contributed by atoms with E-state index in [1.165, 1.54) is 25.7 Å². The first-order valence-corrected chi connectivity index (χ1v) is 6.76. The first-order valence-electron chi connectivity index (χ1n) is 6.76. The van der Waals surface area contributed by atoms with Crippen molar-refractivity contribution in [2.45, 2.75) is 64.0 Å². The van der Waals surface area contributed by atoms with Crippen LogP contribution in [0, 0.1) is 0 Å². The second-order valence-electron chi connectivity index (χ2n) is 5.20. The number of carbonyl (C=O) groups excluding carboxylic acids is 1. The largest absolute Gasteiger partial charge is 0.481 e. The molecule has 1 unspecified atom stereocenters. The monoisotopic (exact) mass is 256 g/mol. The van der Waals surface area contributed by atoms with Crippen LogP contribution in [0.4, 0.5) is 4.79 Å². The lowest BCUT2D eigenvalue weighted by Crippen LogP contribution is -2.46. The van der Waals surface area contributed by atoms with Gasteiger partial charge < -0.3 is 15.3 Å². The smallest absolute Gasteiger partial charge is 0.317 e. The number of amides is 2. The minimum Gasteiger partial charge on any atom is -0.481 e. The molecule has 0 aromatic rings. The van der Waals surface area contributed by atoms with Crippen LogP contribution in [0.25, 0.3) is 0 Å². The van der Waals surface area contributed by atoms with Gasteiger partial charge in [-0.15, -0.1) is 0 Å². The van der Waals surface area contributed by atoms with Crippen molar-refractivity contribution in [3.63, 3.8) is 0 Å². The molecular weight excluding hydrogens is 232 g/mol. The second-order valence-corrected chi connectivity index (χ2v) is 5.20. The summed E-state index contributed by atoms with van der Waals surface area (Å²) in [5.74, 6) is -0.889. The van der Waals surface area contributed by atoms with Crippen LogP contribution in [0.2, 0.25) is 0 Å². The molecule has 0 spiro atoms. The van der Waals surface area contributed by atoms with E-state index in [0.717, 1.165) is 12.8 Å². The lowest BCUT2D eigenvalue weighted by atomic mass is 10.1. The first kappa shape index (κ1) is 14.8. The third kappa shape index (κ3) is 4.94. The van der Waals surface area contributed by atoms with Gasteiger partial charge in [0.1, 0.15) is 0 Å². The van der Waals surface area contributed by atoms with Gasteiger partial charge in [-0.3, -0.25) is 4.79 Å². The van der Waals surface area contributed by atoms with E-state index >= 15 is 0 Å². The molecule has 0 aromatic heterocycles. The van der Waals surface area contributed by atoms with Gasteiger partial charge in [-0.2, -0.15) is 0 Å². The van der Waals surface area contributed by atoms with Gasteiger partial charge in [0.05, 0.1) is 6.42 Å². The zero-order valence-electron chi connectivity index (χ0n) is 11.3. The number of aliphatic carboxylic acids is 1. The molecule has 0 bridgehead atoms. The Kier molecular flexibility index (Phi) is 5.95. The second kappa shape index (κ2) is 7.24. The van der Waals surface area contributed by atoms with E-state index in [2.05, 4.69) is 5.32 Å². The number of carboxylic acid groups (broad SMARTS) is 1. The van der Waals surface area contributed by atoms with Gasteiger partial charge in [0.25, 0.3) is 0 Å². The Morgan fingerprint density at radius 3 is 2.33 bits per heavy atom. The number of rotatable bonds is 4. The molecule has 1 saturated carbocycles. The number of carbonyl (C=O) groups is 2. The van der Waals surface area contributed by atoms with Crippen molar-refractivity contribution >= 4 is 12.0 Å². The summed E-state index contributed by atoms with van der Waals surface area (Å²) in [6, 6.07) is -0.191. The van der Waals surface area contributed by atoms with E-state index in [0.29, 0.717) is 6.04 Å². The Balaban J connectivity index is 2.41. The standard InChI is InChI=1S/C13H24N2O3/c1-10(9-12(16)17)14-13(18)15(2)11-7-5-3-4-6-8-11/h10-11H,3-9H2,1-2H3,(H,14,18)(H,16,17). The molecule has 5 heteroatoms. The molecule has 1 atom stereocenters. The van der Waals surface area contributed by atoms with Crippen molar-refractivity contribution in [3.05, 3.63) is 0 Å². The van der Waals surface area contributed by atoms with Crippen LogP contribution in [0.1, 0.15) is 51.9 Å². The fraction of sp³-hybridized carbons (Fsp3) is 0.846. The predicted octanol–water partition coefficient (Wildman–Crippen LogP) is 2.21. The molecule has 0 saturated heterocycles. The summed E-state index contributed by atoms with van der Waals surface area (Å²) in [5.41, 5.74) is 0. The summed E-state index contributed by atoms with van der Waals surface area (Å²) in [6.07, 6.45) is 6.92. The van der Waals surface area contributed by atoms with Gasteiger partial charge in [0.2, 0.25) is 0 Å². The molecule has 2 N–H and O–H groups in total. The Labute approximate surface area is 109 Å². The van der Waals surface area contributed by atoms with Crippen molar-refractivity contribution in [2.75, 3.05) is 7.05 Å². The molecule has 1 aliphatic carbocycles. The highest BCUT2D eigenvalue weighted by Crippen LogP contribution is 2.21. The lowest BCUT2D eigenvalue weighted by molar-refractivity contribution is -0.137. The van der Waals surface area contributed by atoms with E-state index in [4.69, 9.17) is 5.11 Å². The maximum Gasteiger partial charge on any atom is 0.317 e. The zero-order chi connectivity index (χ0) is 13.5. The number of carboxylic acids is 1.